The van der Waals surface area contributed by atoms with E-state index in [-0.39, 0.29) is 24.8 Å². The van der Waals surface area contributed by atoms with Crippen LogP contribution in [0.25, 0.3) is 0 Å². The van der Waals surface area contributed by atoms with Crippen LogP contribution in [-0.4, -0.2) is 44.6 Å². The lowest BCUT2D eigenvalue weighted by atomic mass is 10.1. The van der Waals surface area contributed by atoms with Crippen molar-refractivity contribution in [2.75, 3.05) is 20.8 Å². The maximum absolute atomic E-state index is 12.2. The van der Waals surface area contributed by atoms with E-state index in [1.165, 1.54) is 14.2 Å². The molecule has 0 saturated carbocycles. The molecule has 0 radical (unpaired) electrons. The first-order valence-corrected chi connectivity index (χ1v) is 8.87. The van der Waals surface area contributed by atoms with Crippen molar-refractivity contribution in [2.45, 2.75) is 18.9 Å². The van der Waals surface area contributed by atoms with Gasteiger partial charge in [0.05, 0.1) is 14.2 Å². The maximum Gasteiger partial charge on any atom is 0.328 e. The lowest BCUT2D eigenvalue weighted by molar-refractivity contribution is -0.145. The fourth-order valence-corrected chi connectivity index (χ4v) is 2.61. The van der Waals surface area contributed by atoms with Crippen LogP contribution in [0.2, 0.25) is 0 Å². The first-order valence-electron chi connectivity index (χ1n) is 8.87. The number of nitrogens with one attached hydrogen (secondary N) is 2. The minimum Gasteiger partial charge on any atom is -0.497 e. The van der Waals surface area contributed by atoms with E-state index in [2.05, 4.69) is 10.6 Å². The number of ether oxygens (including phenoxy) is 2. The lowest BCUT2D eigenvalue weighted by Crippen LogP contribution is -2.44. The molecule has 0 aliphatic carbocycles. The van der Waals surface area contributed by atoms with Crippen molar-refractivity contribution >= 4 is 17.8 Å². The third-order valence-electron chi connectivity index (χ3n) is 4.07. The van der Waals surface area contributed by atoms with Crippen molar-refractivity contribution in [3.8, 4) is 5.75 Å². The smallest absolute Gasteiger partial charge is 0.328 e. The Balaban J connectivity index is 1.85. The van der Waals surface area contributed by atoms with Crippen LogP contribution in [0.1, 0.15) is 22.3 Å². The summed E-state index contributed by atoms with van der Waals surface area (Å²) in [5.74, 6) is -0.595. The third-order valence-corrected chi connectivity index (χ3v) is 4.07. The number of hydrogen-bond donors (Lipinski definition) is 2. The van der Waals surface area contributed by atoms with Gasteiger partial charge in [-0.3, -0.25) is 9.59 Å². The van der Waals surface area contributed by atoms with Crippen LogP contribution in [-0.2, 0) is 20.7 Å². The second-order valence-electron chi connectivity index (χ2n) is 6.07. The van der Waals surface area contributed by atoms with Crippen LogP contribution in [0, 0.1) is 0 Å². The van der Waals surface area contributed by atoms with Crippen LogP contribution < -0.4 is 15.4 Å². The average Bonchev–Trinajstić information content (AvgIpc) is 2.73. The minimum absolute atomic E-state index is 0.0397. The van der Waals surface area contributed by atoms with Gasteiger partial charge in [0, 0.05) is 24.9 Å². The molecule has 2 rings (SSSR count). The average molecular weight is 384 g/mol. The molecule has 0 spiro atoms. The van der Waals surface area contributed by atoms with E-state index >= 15 is 0 Å². The summed E-state index contributed by atoms with van der Waals surface area (Å²) in [6, 6.07) is 15.3. The molecule has 2 amide bonds. The van der Waals surface area contributed by atoms with Crippen molar-refractivity contribution in [2.24, 2.45) is 0 Å². The number of carbonyl (C=O) groups is 3. The highest BCUT2D eigenvalue weighted by Crippen LogP contribution is 2.12. The first kappa shape index (κ1) is 21.0. The highest BCUT2D eigenvalue weighted by Gasteiger charge is 2.21. The van der Waals surface area contributed by atoms with Gasteiger partial charge in [0.25, 0.3) is 5.91 Å². The van der Waals surface area contributed by atoms with E-state index in [0.717, 1.165) is 5.56 Å². The molecule has 7 nitrogen and oxygen atoms in total. The maximum atomic E-state index is 12.2. The molecule has 148 valence electrons. The number of benzene rings is 2. The zero-order chi connectivity index (χ0) is 20.4. The monoisotopic (exact) mass is 384 g/mol. The zero-order valence-corrected chi connectivity index (χ0v) is 15.9. The molecule has 2 N–H and O–H groups in total. The van der Waals surface area contributed by atoms with Gasteiger partial charge in [-0.2, -0.15) is 0 Å². The second kappa shape index (κ2) is 10.7. The molecule has 0 aliphatic heterocycles. The molecule has 1 unspecified atom stereocenters. The molecule has 0 bridgehead atoms. The Labute approximate surface area is 164 Å². The van der Waals surface area contributed by atoms with E-state index in [0.29, 0.717) is 17.7 Å². The minimum atomic E-state index is -0.783. The molecular formula is C21H24N2O5. The molecule has 0 heterocycles. The molecule has 28 heavy (non-hydrogen) atoms. The number of carbonyl (C=O) groups excluding carboxylic acids is 3. The van der Waals surface area contributed by atoms with Crippen molar-refractivity contribution in [3.63, 3.8) is 0 Å². The molecule has 2 aromatic rings. The van der Waals surface area contributed by atoms with E-state index in [4.69, 9.17) is 9.47 Å². The Morgan fingerprint density at radius 1 is 1.00 bits per heavy atom. The van der Waals surface area contributed by atoms with Crippen molar-refractivity contribution < 1.29 is 23.9 Å². The van der Waals surface area contributed by atoms with Crippen molar-refractivity contribution in [3.05, 3.63) is 65.7 Å². The summed E-state index contributed by atoms with van der Waals surface area (Å²) in [5, 5.41) is 5.34. The molecule has 0 aromatic heterocycles. The second-order valence-corrected chi connectivity index (χ2v) is 6.07. The fraction of sp³-hybridized carbons (Fsp3) is 0.286. The van der Waals surface area contributed by atoms with Crippen LogP contribution >= 0.6 is 0 Å². The topological polar surface area (TPSA) is 93.7 Å². The molecule has 1 atom stereocenters. The Morgan fingerprint density at radius 3 is 2.43 bits per heavy atom. The first-order chi connectivity index (χ1) is 13.5. The van der Waals surface area contributed by atoms with Crippen LogP contribution in [0.4, 0.5) is 0 Å². The Bertz CT molecular complexity index is 807. The van der Waals surface area contributed by atoms with Gasteiger partial charge in [0.1, 0.15) is 11.8 Å². The van der Waals surface area contributed by atoms with Gasteiger partial charge in [-0.1, -0.05) is 36.4 Å². The summed E-state index contributed by atoms with van der Waals surface area (Å²) in [6.45, 7) is 0.140. The SMILES string of the molecule is COC(=O)C(Cc1ccccc1)NC(=O)CCNC(=O)c1cccc(OC)c1. The fourth-order valence-electron chi connectivity index (χ4n) is 2.61. The number of esters is 1. The Morgan fingerprint density at radius 2 is 1.75 bits per heavy atom. The van der Waals surface area contributed by atoms with E-state index < -0.39 is 12.0 Å². The summed E-state index contributed by atoms with van der Waals surface area (Å²) < 4.78 is 9.86. The highest BCUT2D eigenvalue weighted by atomic mass is 16.5. The lowest BCUT2D eigenvalue weighted by Gasteiger charge is -2.16. The van der Waals surface area contributed by atoms with Crippen molar-refractivity contribution in [1.82, 2.24) is 10.6 Å². The largest absolute Gasteiger partial charge is 0.497 e. The Hall–Kier alpha value is -3.35. The van der Waals surface area contributed by atoms with Gasteiger partial charge >= 0.3 is 5.97 Å². The van der Waals surface area contributed by atoms with Gasteiger partial charge in [-0.15, -0.1) is 0 Å². The predicted molar refractivity (Wildman–Crippen MR) is 104 cm³/mol. The molecule has 7 heteroatoms. The van der Waals surface area contributed by atoms with Crippen LogP contribution in [0.15, 0.2) is 54.6 Å². The summed E-state index contributed by atoms with van der Waals surface area (Å²) in [7, 11) is 2.80. The van der Waals surface area contributed by atoms with Gasteiger partial charge in [-0.25, -0.2) is 4.79 Å². The number of amides is 2. The van der Waals surface area contributed by atoms with E-state index in [1.54, 1.807) is 24.3 Å². The molecule has 0 saturated heterocycles. The van der Waals surface area contributed by atoms with E-state index in [9.17, 15) is 14.4 Å². The zero-order valence-electron chi connectivity index (χ0n) is 15.9. The molecule has 0 fully saturated rings. The summed E-state index contributed by atoms with van der Waals surface area (Å²) in [4.78, 5) is 36.3. The summed E-state index contributed by atoms with van der Waals surface area (Å²) in [6.07, 6.45) is 0.368. The predicted octanol–water partition coefficient (Wildman–Crippen LogP) is 1.72. The van der Waals surface area contributed by atoms with E-state index in [1.807, 2.05) is 30.3 Å². The van der Waals surface area contributed by atoms with Crippen molar-refractivity contribution in [1.29, 1.82) is 0 Å². The van der Waals surface area contributed by atoms with Crippen LogP contribution in [0.5, 0.6) is 5.75 Å². The standard InChI is InChI=1S/C21H24N2O5/c1-27-17-10-6-9-16(14-17)20(25)22-12-11-19(24)23-18(21(26)28-2)13-15-7-4-3-5-8-15/h3-10,14,18H,11-13H2,1-2H3,(H,22,25)(H,23,24). The number of rotatable bonds is 9. The number of methoxy groups -OCH3 is 2. The summed E-state index contributed by atoms with van der Waals surface area (Å²) >= 11 is 0. The normalized spacial score (nSPS) is 11.2. The van der Waals surface area contributed by atoms with Gasteiger partial charge < -0.3 is 20.1 Å². The number of hydrogen-bond acceptors (Lipinski definition) is 5. The third kappa shape index (κ3) is 6.42. The van der Waals surface area contributed by atoms with Gasteiger partial charge in [0.15, 0.2) is 0 Å². The van der Waals surface area contributed by atoms with Crippen LogP contribution in [0.3, 0.4) is 0 Å². The molecular weight excluding hydrogens is 360 g/mol. The summed E-state index contributed by atoms with van der Waals surface area (Å²) in [5.41, 5.74) is 1.35. The quantitative estimate of drug-likeness (QED) is 0.642. The molecule has 0 aliphatic rings. The van der Waals surface area contributed by atoms with Gasteiger partial charge in [-0.05, 0) is 23.8 Å². The highest BCUT2D eigenvalue weighted by molar-refractivity contribution is 5.94. The Kier molecular flexibility index (Phi) is 8.02. The molecule has 2 aromatic carbocycles. The van der Waals surface area contributed by atoms with Gasteiger partial charge in [0.2, 0.25) is 5.91 Å².